The number of aryl methyl sites for hydroxylation is 1. The van der Waals surface area contributed by atoms with Gasteiger partial charge < -0.3 is 14.6 Å². The lowest BCUT2D eigenvalue weighted by molar-refractivity contribution is -0.139. The zero-order valence-corrected chi connectivity index (χ0v) is 18.6. The molecule has 32 heavy (non-hydrogen) atoms. The van der Waals surface area contributed by atoms with Gasteiger partial charge in [-0.1, -0.05) is 60.7 Å². The summed E-state index contributed by atoms with van der Waals surface area (Å²) in [6.07, 6.45) is 0. The van der Waals surface area contributed by atoms with Crippen LogP contribution >= 0.6 is 11.8 Å². The van der Waals surface area contributed by atoms with Gasteiger partial charge in [-0.15, -0.1) is 11.8 Å². The monoisotopic (exact) mass is 444 g/mol. The molecule has 0 saturated carbocycles. The lowest BCUT2D eigenvalue weighted by atomic mass is 9.98. The van der Waals surface area contributed by atoms with Gasteiger partial charge in [0, 0.05) is 16.0 Å². The minimum Gasteiger partial charge on any atom is -0.492 e. The van der Waals surface area contributed by atoms with E-state index in [2.05, 4.69) is 48.5 Å². The second-order valence-electron chi connectivity index (χ2n) is 7.33. The van der Waals surface area contributed by atoms with Crippen LogP contribution in [0.5, 0.6) is 11.5 Å². The molecule has 4 aromatic rings. The lowest BCUT2D eigenvalue weighted by Gasteiger charge is -2.12. The van der Waals surface area contributed by atoms with E-state index in [1.807, 2.05) is 43.3 Å². The molecule has 0 fully saturated rings. The van der Waals surface area contributed by atoms with Crippen molar-refractivity contribution in [3.63, 3.8) is 0 Å². The number of hydrogen-bond acceptors (Lipinski definition) is 4. The second-order valence-corrected chi connectivity index (χ2v) is 8.50. The zero-order valence-electron chi connectivity index (χ0n) is 17.8. The Morgan fingerprint density at radius 2 is 1.62 bits per heavy atom. The van der Waals surface area contributed by atoms with Crippen LogP contribution in [0.4, 0.5) is 0 Å². The third-order valence-electron chi connectivity index (χ3n) is 5.07. The van der Waals surface area contributed by atoms with Crippen LogP contribution in [0.15, 0.2) is 89.8 Å². The van der Waals surface area contributed by atoms with Crippen molar-refractivity contribution in [1.29, 1.82) is 0 Å². The Morgan fingerprint density at radius 3 is 2.41 bits per heavy atom. The number of carboxylic acid groups (broad SMARTS) is 1. The fourth-order valence-electron chi connectivity index (χ4n) is 3.60. The molecular weight excluding hydrogens is 420 g/mol. The summed E-state index contributed by atoms with van der Waals surface area (Å²) in [7, 11) is 0. The molecule has 0 atom stereocenters. The minimum atomic E-state index is -0.982. The third-order valence-corrected chi connectivity index (χ3v) is 6.03. The van der Waals surface area contributed by atoms with E-state index in [1.54, 1.807) is 11.8 Å². The Kier molecular flexibility index (Phi) is 6.97. The number of benzene rings is 4. The molecule has 1 N–H and O–H groups in total. The van der Waals surface area contributed by atoms with E-state index in [4.69, 9.17) is 14.6 Å². The lowest BCUT2D eigenvalue weighted by Crippen LogP contribution is -2.10. The normalized spacial score (nSPS) is 10.8. The fraction of sp³-hybridized carbons (Fsp3) is 0.148. The second kappa shape index (κ2) is 10.2. The van der Waals surface area contributed by atoms with Crippen molar-refractivity contribution in [2.45, 2.75) is 11.8 Å². The van der Waals surface area contributed by atoms with Crippen LogP contribution in [0.2, 0.25) is 0 Å². The van der Waals surface area contributed by atoms with Crippen LogP contribution in [0, 0.1) is 6.92 Å². The first kappa shape index (κ1) is 21.8. The van der Waals surface area contributed by atoms with E-state index in [-0.39, 0.29) is 6.61 Å². The Morgan fingerprint density at radius 1 is 0.844 bits per heavy atom. The van der Waals surface area contributed by atoms with Gasteiger partial charge in [-0.25, -0.2) is 4.79 Å². The number of fused-ring (bicyclic) bond motifs is 1. The number of carbonyl (C=O) groups is 1. The van der Waals surface area contributed by atoms with Crippen molar-refractivity contribution in [2.24, 2.45) is 0 Å². The van der Waals surface area contributed by atoms with Crippen molar-refractivity contribution < 1.29 is 19.4 Å². The highest BCUT2D eigenvalue weighted by atomic mass is 32.2. The molecule has 0 aliphatic rings. The average molecular weight is 445 g/mol. The Bertz CT molecular complexity index is 1220. The minimum absolute atomic E-state index is 0.335. The molecule has 0 saturated heterocycles. The SMILES string of the molecule is Cc1cc(SCCOc2cccc3c(-c4ccccc4)cccc23)ccc1OCC(=O)O. The van der Waals surface area contributed by atoms with Gasteiger partial charge in [-0.3, -0.25) is 0 Å². The molecule has 0 radical (unpaired) electrons. The number of ether oxygens (including phenoxy) is 2. The predicted molar refractivity (Wildman–Crippen MR) is 130 cm³/mol. The molecule has 0 amide bonds. The number of rotatable bonds is 9. The average Bonchev–Trinajstić information content (AvgIpc) is 2.81. The van der Waals surface area contributed by atoms with Crippen LogP contribution in [0.1, 0.15) is 5.56 Å². The summed E-state index contributed by atoms with van der Waals surface area (Å²) in [4.78, 5) is 11.8. The highest BCUT2D eigenvalue weighted by Crippen LogP contribution is 2.34. The highest BCUT2D eigenvalue weighted by molar-refractivity contribution is 7.99. The molecule has 0 unspecified atom stereocenters. The maximum absolute atomic E-state index is 10.7. The first-order valence-corrected chi connectivity index (χ1v) is 11.4. The first-order valence-electron chi connectivity index (χ1n) is 10.4. The highest BCUT2D eigenvalue weighted by Gasteiger charge is 2.08. The van der Waals surface area contributed by atoms with Crippen LogP contribution in [-0.4, -0.2) is 30.0 Å². The summed E-state index contributed by atoms with van der Waals surface area (Å²) in [5, 5.41) is 11.0. The molecule has 5 heteroatoms. The van der Waals surface area contributed by atoms with E-state index in [0.717, 1.165) is 27.3 Å². The summed E-state index contributed by atoms with van der Waals surface area (Å²) in [6.45, 7) is 2.16. The zero-order chi connectivity index (χ0) is 22.3. The third kappa shape index (κ3) is 5.24. The van der Waals surface area contributed by atoms with Crippen LogP contribution in [0.3, 0.4) is 0 Å². The number of carboxylic acids is 1. The number of thioether (sulfide) groups is 1. The fourth-order valence-corrected chi connectivity index (χ4v) is 4.43. The van der Waals surface area contributed by atoms with Gasteiger partial charge >= 0.3 is 5.97 Å². The largest absolute Gasteiger partial charge is 0.492 e. The van der Waals surface area contributed by atoms with Crippen molar-refractivity contribution >= 4 is 28.5 Å². The van der Waals surface area contributed by atoms with E-state index < -0.39 is 5.97 Å². The molecule has 0 aliphatic carbocycles. The Hall–Kier alpha value is -3.44. The topological polar surface area (TPSA) is 55.8 Å². The van der Waals surface area contributed by atoms with Crippen molar-refractivity contribution in [1.82, 2.24) is 0 Å². The van der Waals surface area contributed by atoms with Crippen LogP contribution in [0.25, 0.3) is 21.9 Å². The van der Waals surface area contributed by atoms with Crippen LogP contribution < -0.4 is 9.47 Å². The quantitative estimate of drug-likeness (QED) is 0.237. The summed E-state index contributed by atoms with van der Waals surface area (Å²) in [5.74, 6) is 1.29. The number of hydrogen-bond donors (Lipinski definition) is 1. The molecule has 4 rings (SSSR count). The van der Waals surface area contributed by atoms with Gasteiger partial charge in [0.15, 0.2) is 6.61 Å². The first-order chi connectivity index (χ1) is 15.6. The molecule has 4 aromatic carbocycles. The van der Waals surface area contributed by atoms with Gasteiger partial charge in [-0.05, 0) is 53.3 Å². The van der Waals surface area contributed by atoms with Gasteiger partial charge in [0.05, 0.1) is 6.61 Å². The van der Waals surface area contributed by atoms with Gasteiger partial charge in [0.1, 0.15) is 11.5 Å². The molecule has 0 heterocycles. The molecule has 0 aromatic heterocycles. The van der Waals surface area contributed by atoms with E-state index in [0.29, 0.717) is 12.4 Å². The van der Waals surface area contributed by atoms with E-state index in [9.17, 15) is 4.79 Å². The Balaban J connectivity index is 1.40. The molecular formula is C27H24O4S. The maximum Gasteiger partial charge on any atom is 0.341 e. The van der Waals surface area contributed by atoms with Crippen LogP contribution in [-0.2, 0) is 4.79 Å². The van der Waals surface area contributed by atoms with Gasteiger partial charge in [-0.2, -0.15) is 0 Å². The number of aliphatic carboxylic acids is 1. The van der Waals surface area contributed by atoms with Crippen molar-refractivity contribution in [2.75, 3.05) is 19.0 Å². The van der Waals surface area contributed by atoms with Crippen molar-refractivity contribution in [3.05, 3.63) is 90.5 Å². The molecule has 162 valence electrons. The summed E-state index contributed by atoms with van der Waals surface area (Å²) in [5.41, 5.74) is 3.31. The van der Waals surface area contributed by atoms with Gasteiger partial charge in [0.25, 0.3) is 0 Å². The predicted octanol–water partition coefficient (Wildman–Crippen LogP) is 6.45. The van der Waals surface area contributed by atoms with E-state index >= 15 is 0 Å². The van der Waals surface area contributed by atoms with Crippen molar-refractivity contribution in [3.8, 4) is 22.6 Å². The molecule has 0 aliphatic heterocycles. The molecule has 0 spiro atoms. The summed E-state index contributed by atoms with van der Waals surface area (Å²) < 4.78 is 11.4. The van der Waals surface area contributed by atoms with Gasteiger partial charge in [0.2, 0.25) is 0 Å². The molecule has 4 nitrogen and oxygen atoms in total. The Labute approximate surface area is 191 Å². The van der Waals surface area contributed by atoms with E-state index in [1.165, 1.54) is 16.5 Å². The smallest absolute Gasteiger partial charge is 0.341 e. The maximum atomic E-state index is 10.7. The summed E-state index contributed by atoms with van der Waals surface area (Å²) >= 11 is 1.70. The standard InChI is InChI=1S/C27H24O4S/c1-19-17-21(13-14-25(19)31-18-27(28)29)32-16-15-30-26-12-6-10-23-22(9-5-11-24(23)26)20-7-3-2-4-8-20/h2-14,17H,15-16,18H2,1H3,(H,28,29). The molecule has 0 bridgehead atoms. The summed E-state index contributed by atoms with van der Waals surface area (Å²) in [6, 6.07) is 28.7.